The zero-order chi connectivity index (χ0) is 14.3. The monoisotopic (exact) mass is 282 g/mol. The molecule has 2 aliphatic rings. The summed E-state index contributed by atoms with van der Waals surface area (Å²) in [5, 5.41) is 3.72. The topological polar surface area (TPSA) is 24.5 Å². The zero-order valence-electron chi connectivity index (χ0n) is 13.6. The summed E-state index contributed by atoms with van der Waals surface area (Å²) >= 11 is 0. The van der Waals surface area contributed by atoms with Gasteiger partial charge >= 0.3 is 0 Å². The third-order valence-corrected chi connectivity index (χ3v) is 5.13. The minimum absolute atomic E-state index is 0.511. The number of rotatable bonds is 6. The number of ether oxygens (including phenoxy) is 1. The second kappa shape index (κ2) is 8.35. The molecule has 3 heteroatoms. The Morgan fingerprint density at radius 1 is 1.20 bits per heavy atom. The van der Waals surface area contributed by atoms with E-state index < -0.39 is 0 Å². The van der Waals surface area contributed by atoms with E-state index in [1.807, 2.05) is 0 Å². The van der Waals surface area contributed by atoms with Crippen LogP contribution in [0.5, 0.6) is 0 Å². The second-order valence-electron chi connectivity index (χ2n) is 6.99. The summed E-state index contributed by atoms with van der Waals surface area (Å²) < 4.78 is 5.60. The first-order chi connectivity index (χ1) is 9.76. The van der Waals surface area contributed by atoms with Crippen molar-refractivity contribution < 1.29 is 4.74 Å². The van der Waals surface area contributed by atoms with E-state index >= 15 is 0 Å². The molecule has 1 unspecified atom stereocenters. The third kappa shape index (κ3) is 4.71. The Morgan fingerprint density at radius 3 is 2.60 bits per heavy atom. The highest BCUT2D eigenvalue weighted by Gasteiger charge is 2.34. The lowest BCUT2D eigenvalue weighted by Gasteiger charge is -2.42. The normalized spacial score (nSPS) is 28.2. The molecule has 1 saturated heterocycles. The van der Waals surface area contributed by atoms with Gasteiger partial charge < -0.3 is 10.1 Å². The number of morpholine rings is 1. The van der Waals surface area contributed by atoms with Crippen molar-refractivity contribution in [3.05, 3.63) is 0 Å². The van der Waals surface area contributed by atoms with Gasteiger partial charge in [0.05, 0.1) is 13.2 Å². The molecule has 3 nitrogen and oxygen atoms in total. The van der Waals surface area contributed by atoms with Crippen LogP contribution in [0.1, 0.15) is 58.8 Å². The molecule has 1 aliphatic carbocycles. The van der Waals surface area contributed by atoms with Gasteiger partial charge in [-0.15, -0.1) is 0 Å². The van der Waals surface area contributed by atoms with Crippen LogP contribution in [0.25, 0.3) is 0 Å². The van der Waals surface area contributed by atoms with Gasteiger partial charge in [0.1, 0.15) is 0 Å². The predicted molar refractivity (Wildman–Crippen MR) is 85.1 cm³/mol. The SMILES string of the molecule is CCCNCC1(CN2CCOCC2C)CCCCCC1. The highest BCUT2D eigenvalue weighted by molar-refractivity contribution is 4.89. The molecule has 0 aromatic carbocycles. The molecule has 2 rings (SSSR count). The molecular formula is C17H34N2O. The third-order valence-electron chi connectivity index (χ3n) is 5.13. The average Bonchev–Trinajstić information content (AvgIpc) is 2.68. The van der Waals surface area contributed by atoms with Gasteiger partial charge in [-0.1, -0.05) is 32.6 Å². The summed E-state index contributed by atoms with van der Waals surface area (Å²) in [4.78, 5) is 2.68. The quantitative estimate of drug-likeness (QED) is 0.598. The van der Waals surface area contributed by atoms with Crippen LogP contribution in [0.4, 0.5) is 0 Å². The van der Waals surface area contributed by atoms with Crippen LogP contribution in [-0.2, 0) is 4.74 Å². The first kappa shape index (κ1) is 16.3. The highest BCUT2D eigenvalue weighted by Crippen LogP contribution is 2.36. The molecule has 1 aliphatic heterocycles. The van der Waals surface area contributed by atoms with Crippen LogP contribution >= 0.6 is 0 Å². The lowest BCUT2D eigenvalue weighted by atomic mass is 9.79. The number of nitrogens with one attached hydrogen (secondary N) is 1. The van der Waals surface area contributed by atoms with Crippen LogP contribution in [0.2, 0.25) is 0 Å². The highest BCUT2D eigenvalue weighted by atomic mass is 16.5. The first-order valence-corrected chi connectivity index (χ1v) is 8.78. The number of nitrogens with zero attached hydrogens (tertiary/aromatic N) is 1. The fourth-order valence-electron chi connectivity index (χ4n) is 3.83. The first-order valence-electron chi connectivity index (χ1n) is 8.78. The van der Waals surface area contributed by atoms with Crippen LogP contribution < -0.4 is 5.32 Å². The lowest BCUT2D eigenvalue weighted by Crippen LogP contribution is -2.51. The molecule has 0 spiro atoms. The van der Waals surface area contributed by atoms with E-state index in [9.17, 15) is 0 Å². The van der Waals surface area contributed by atoms with E-state index in [1.165, 1.54) is 64.6 Å². The fourth-order valence-corrected chi connectivity index (χ4v) is 3.83. The van der Waals surface area contributed by atoms with Crippen LogP contribution in [0.15, 0.2) is 0 Å². The van der Waals surface area contributed by atoms with Crippen molar-refractivity contribution in [2.24, 2.45) is 5.41 Å². The molecule has 1 atom stereocenters. The maximum absolute atomic E-state index is 5.60. The number of hydrogen-bond donors (Lipinski definition) is 1. The maximum Gasteiger partial charge on any atom is 0.0619 e. The van der Waals surface area contributed by atoms with Gasteiger partial charge in [-0.05, 0) is 38.1 Å². The van der Waals surface area contributed by atoms with E-state index in [2.05, 4.69) is 24.1 Å². The van der Waals surface area contributed by atoms with Crippen LogP contribution in [0, 0.1) is 5.41 Å². The van der Waals surface area contributed by atoms with Crippen LogP contribution in [0.3, 0.4) is 0 Å². The summed E-state index contributed by atoms with van der Waals surface area (Å²) in [6.07, 6.45) is 9.78. The molecule has 2 fully saturated rings. The van der Waals surface area contributed by atoms with Crippen LogP contribution in [-0.4, -0.2) is 50.3 Å². The minimum Gasteiger partial charge on any atom is -0.379 e. The van der Waals surface area contributed by atoms with E-state index in [-0.39, 0.29) is 0 Å². The fraction of sp³-hybridized carbons (Fsp3) is 1.00. The largest absolute Gasteiger partial charge is 0.379 e. The van der Waals surface area contributed by atoms with Gasteiger partial charge in [0.2, 0.25) is 0 Å². The Labute approximate surface area is 125 Å². The molecule has 1 heterocycles. The van der Waals surface area contributed by atoms with Crippen molar-refractivity contribution in [3.63, 3.8) is 0 Å². The van der Waals surface area contributed by atoms with Crippen molar-refractivity contribution in [1.82, 2.24) is 10.2 Å². The van der Waals surface area contributed by atoms with E-state index in [0.29, 0.717) is 11.5 Å². The summed E-state index contributed by atoms with van der Waals surface area (Å²) in [5.74, 6) is 0. The molecule has 1 saturated carbocycles. The Morgan fingerprint density at radius 2 is 1.95 bits per heavy atom. The molecule has 20 heavy (non-hydrogen) atoms. The Kier molecular flexibility index (Phi) is 6.79. The van der Waals surface area contributed by atoms with E-state index in [0.717, 1.165) is 19.8 Å². The van der Waals surface area contributed by atoms with Crippen molar-refractivity contribution in [3.8, 4) is 0 Å². The van der Waals surface area contributed by atoms with Gasteiger partial charge in [-0.2, -0.15) is 0 Å². The second-order valence-corrected chi connectivity index (χ2v) is 6.99. The van der Waals surface area contributed by atoms with Crippen molar-refractivity contribution in [1.29, 1.82) is 0 Å². The molecule has 1 N–H and O–H groups in total. The van der Waals surface area contributed by atoms with Crippen molar-refractivity contribution in [2.75, 3.05) is 39.4 Å². The predicted octanol–water partition coefficient (Wildman–Crippen LogP) is 3.05. The number of hydrogen-bond acceptors (Lipinski definition) is 3. The van der Waals surface area contributed by atoms with Crippen molar-refractivity contribution in [2.45, 2.75) is 64.8 Å². The molecule has 0 aromatic heterocycles. The van der Waals surface area contributed by atoms with Crippen molar-refractivity contribution >= 4 is 0 Å². The molecule has 0 aromatic rings. The van der Waals surface area contributed by atoms with Gasteiger partial charge in [-0.3, -0.25) is 4.90 Å². The lowest BCUT2D eigenvalue weighted by molar-refractivity contribution is -0.0232. The van der Waals surface area contributed by atoms with Gasteiger partial charge in [-0.25, -0.2) is 0 Å². The maximum atomic E-state index is 5.60. The van der Waals surface area contributed by atoms with Gasteiger partial charge in [0.15, 0.2) is 0 Å². The van der Waals surface area contributed by atoms with Gasteiger partial charge in [0.25, 0.3) is 0 Å². The standard InChI is InChI=1S/C17H34N2O/c1-3-10-18-14-17(8-6-4-5-7-9-17)15-19-11-12-20-13-16(19)2/h16,18H,3-15H2,1-2H3. The summed E-state index contributed by atoms with van der Waals surface area (Å²) in [5.41, 5.74) is 0.511. The molecule has 0 radical (unpaired) electrons. The van der Waals surface area contributed by atoms with E-state index in [4.69, 9.17) is 4.74 Å². The Bertz CT molecular complexity index is 262. The minimum atomic E-state index is 0.511. The Balaban J connectivity index is 1.96. The summed E-state index contributed by atoms with van der Waals surface area (Å²) in [6.45, 7) is 11.2. The summed E-state index contributed by atoms with van der Waals surface area (Å²) in [7, 11) is 0. The van der Waals surface area contributed by atoms with E-state index in [1.54, 1.807) is 0 Å². The Hall–Kier alpha value is -0.120. The molecule has 0 amide bonds. The van der Waals surface area contributed by atoms with Gasteiger partial charge in [0, 0.05) is 25.7 Å². The smallest absolute Gasteiger partial charge is 0.0619 e. The molecular weight excluding hydrogens is 248 g/mol. The molecule has 118 valence electrons. The average molecular weight is 282 g/mol. The summed E-state index contributed by atoms with van der Waals surface area (Å²) in [6, 6.07) is 0.593. The zero-order valence-corrected chi connectivity index (χ0v) is 13.6. The molecule has 0 bridgehead atoms.